The highest BCUT2D eigenvalue weighted by molar-refractivity contribution is 5.89. The lowest BCUT2D eigenvalue weighted by Gasteiger charge is -2.34. The molecule has 136 valence electrons. The Balaban J connectivity index is 2.09. The number of nitrogens with one attached hydrogen (secondary N) is 1. The molecule has 0 bridgehead atoms. The summed E-state index contributed by atoms with van der Waals surface area (Å²) in [6.45, 7) is 8.08. The van der Waals surface area contributed by atoms with Gasteiger partial charge in [0.25, 0.3) is 0 Å². The summed E-state index contributed by atoms with van der Waals surface area (Å²) in [5.74, 6) is 0.165. The van der Waals surface area contributed by atoms with E-state index in [2.05, 4.69) is 5.32 Å². The normalized spacial score (nSPS) is 18.6. The fraction of sp³-hybridized carbons (Fsp3) is 0.526. The van der Waals surface area contributed by atoms with E-state index in [-0.39, 0.29) is 5.91 Å². The van der Waals surface area contributed by atoms with Crippen molar-refractivity contribution in [3.63, 3.8) is 0 Å². The van der Waals surface area contributed by atoms with Crippen LogP contribution in [0, 0.1) is 12.3 Å². The zero-order valence-corrected chi connectivity index (χ0v) is 15.2. The van der Waals surface area contributed by atoms with E-state index in [1.54, 1.807) is 17.0 Å². The summed E-state index contributed by atoms with van der Waals surface area (Å²) in [5.41, 5.74) is 0.545. The Labute approximate surface area is 148 Å². The average Bonchev–Trinajstić information content (AvgIpc) is 3.02. The molecule has 0 aliphatic carbocycles. The number of rotatable bonds is 4. The number of aldehydes is 1. The molecule has 0 spiro atoms. The fourth-order valence-corrected chi connectivity index (χ4v) is 2.88. The van der Waals surface area contributed by atoms with Gasteiger partial charge in [-0.2, -0.15) is 0 Å². The molecule has 0 aromatic heterocycles. The average molecular weight is 346 g/mol. The third-order valence-corrected chi connectivity index (χ3v) is 4.35. The van der Waals surface area contributed by atoms with Crippen molar-refractivity contribution in [1.29, 1.82) is 0 Å². The van der Waals surface area contributed by atoms with Gasteiger partial charge >= 0.3 is 6.09 Å². The van der Waals surface area contributed by atoms with Crippen molar-refractivity contribution in [2.24, 2.45) is 5.41 Å². The maximum atomic E-state index is 12.9. The molecule has 0 unspecified atom stereocenters. The number of ether oxygens (including phenoxy) is 1. The summed E-state index contributed by atoms with van der Waals surface area (Å²) in [7, 11) is 0. The second kappa shape index (κ2) is 7.68. The molecule has 1 N–H and O–H groups in total. The summed E-state index contributed by atoms with van der Waals surface area (Å²) in [6, 6.07) is 5.90. The Bertz CT molecular complexity index is 634. The lowest BCUT2D eigenvalue weighted by Crippen LogP contribution is -2.56. The molecule has 1 aromatic carbocycles. The van der Waals surface area contributed by atoms with Gasteiger partial charge in [-0.05, 0) is 37.3 Å². The number of aryl methyl sites for hydroxylation is 1. The van der Waals surface area contributed by atoms with Gasteiger partial charge in [0, 0.05) is 6.54 Å². The molecule has 2 rings (SSSR count). The molecule has 1 aliphatic rings. The molecule has 1 heterocycles. The molecule has 2 atom stereocenters. The lowest BCUT2D eigenvalue weighted by molar-refractivity contribution is -0.138. The first-order valence-electron chi connectivity index (χ1n) is 8.53. The third-order valence-electron chi connectivity index (χ3n) is 4.35. The van der Waals surface area contributed by atoms with E-state index in [1.165, 1.54) is 0 Å². The van der Waals surface area contributed by atoms with Gasteiger partial charge in [0.1, 0.15) is 18.1 Å². The van der Waals surface area contributed by atoms with Gasteiger partial charge in [-0.15, -0.1) is 0 Å². The van der Waals surface area contributed by atoms with Gasteiger partial charge in [0.2, 0.25) is 5.91 Å². The van der Waals surface area contributed by atoms with E-state index < -0.39 is 23.6 Å². The Hall–Kier alpha value is -2.37. The summed E-state index contributed by atoms with van der Waals surface area (Å²) in [6.07, 6.45) is 1.58. The van der Waals surface area contributed by atoms with Crippen LogP contribution < -0.4 is 10.1 Å². The highest BCUT2D eigenvalue weighted by Crippen LogP contribution is 2.25. The Kier molecular flexibility index (Phi) is 5.82. The monoisotopic (exact) mass is 346 g/mol. The van der Waals surface area contributed by atoms with Crippen LogP contribution >= 0.6 is 0 Å². The fourth-order valence-electron chi connectivity index (χ4n) is 2.88. The van der Waals surface area contributed by atoms with Gasteiger partial charge < -0.3 is 19.7 Å². The first-order chi connectivity index (χ1) is 11.7. The van der Waals surface area contributed by atoms with E-state index in [0.29, 0.717) is 18.7 Å². The summed E-state index contributed by atoms with van der Waals surface area (Å²) >= 11 is 0. The second-order valence-electron chi connectivity index (χ2n) is 7.52. The predicted octanol–water partition coefficient (Wildman–Crippen LogP) is 2.69. The Morgan fingerprint density at radius 1 is 1.28 bits per heavy atom. The number of carbonyl (C=O) groups excluding carboxylic acids is 3. The number of likely N-dealkylation sites (tertiary alicyclic amines) is 1. The minimum absolute atomic E-state index is 0.247. The summed E-state index contributed by atoms with van der Waals surface area (Å²) in [5, 5.41) is 2.67. The van der Waals surface area contributed by atoms with Crippen molar-refractivity contribution in [1.82, 2.24) is 10.2 Å². The molecule has 1 saturated heterocycles. The minimum Gasteiger partial charge on any atom is -0.410 e. The van der Waals surface area contributed by atoms with Crippen LogP contribution in [0.25, 0.3) is 0 Å². The van der Waals surface area contributed by atoms with E-state index in [1.807, 2.05) is 39.8 Å². The molecule has 25 heavy (non-hydrogen) atoms. The van der Waals surface area contributed by atoms with E-state index in [0.717, 1.165) is 18.3 Å². The van der Waals surface area contributed by atoms with Crippen LogP contribution in [-0.4, -0.2) is 41.8 Å². The molecule has 1 fully saturated rings. The van der Waals surface area contributed by atoms with Gasteiger partial charge in [0.05, 0.1) is 6.04 Å². The zero-order chi connectivity index (χ0) is 18.6. The first-order valence-corrected chi connectivity index (χ1v) is 8.53. The van der Waals surface area contributed by atoms with E-state index in [4.69, 9.17) is 4.74 Å². The van der Waals surface area contributed by atoms with Crippen LogP contribution in [0.3, 0.4) is 0 Å². The highest BCUT2D eigenvalue weighted by Gasteiger charge is 2.39. The minimum atomic E-state index is -0.772. The first kappa shape index (κ1) is 19.0. The maximum Gasteiger partial charge on any atom is 0.413 e. The van der Waals surface area contributed by atoms with Crippen molar-refractivity contribution in [3.05, 3.63) is 29.8 Å². The summed E-state index contributed by atoms with van der Waals surface area (Å²) < 4.78 is 5.27. The largest absolute Gasteiger partial charge is 0.413 e. The molecule has 2 amide bonds. The lowest BCUT2D eigenvalue weighted by atomic mass is 9.85. The third kappa shape index (κ3) is 4.81. The van der Waals surface area contributed by atoms with Crippen LogP contribution in [-0.2, 0) is 9.59 Å². The van der Waals surface area contributed by atoms with Crippen molar-refractivity contribution < 1.29 is 19.1 Å². The number of hydrogen-bond donors (Lipinski definition) is 1. The van der Waals surface area contributed by atoms with E-state index in [9.17, 15) is 14.4 Å². The number of amides is 2. The molecule has 1 aliphatic heterocycles. The van der Waals surface area contributed by atoms with Crippen molar-refractivity contribution in [2.45, 2.75) is 52.6 Å². The van der Waals surface area contributed by atoms with Crippen molar-refractivity contribution in [3.8, 4) is 5.75 Å². The van der Waals surface area contributed by atoms with Crippen molar-refractivity contribution in [2.75, 3.05) is 6.54 Å². The molecule has 1 aromatic rings. The van der Waals surface area contributed by atoms with Crippen LogP contribution in [0.15, 0.2) is 24.3 Å². The smallest absolute Gasteiger partial charge is 0.410 e. The number of benzene rings is 1. The number of carbonyl (C=O) groups is 3. The van der Waals surface area contributed by atoms with Crippen LogP contribution in [0.5, 0.6) is 5.75 Å². The Morgan fingerprint density at radius 3 is 2.48 bits per heavy atom. The quantitative estimate of drug-likeness (QED) is 0.851. The standard InChI is InChI=1S/C19H26N2O4/c1-13-7-9-15(10-8-13)25-18(24)20-16(19(2,3)4)17(23)21-11-5-6-14(21)12-22/h7-10,12,14,16H,5-6,11H2,1-4H3,(H,20,24)/t14-,16+/m0/s1. The predicted molar refractivity (Wildman–Crippen MR) is 94.4 cm³/mol. The SMILES string of the molecule is Cc1ccc(OC(=O)N[C@H](C(=O)N2CCC[C@H]2C=O)C(C)(C)C)cc1. The van der Waals surface area contributed by atoms with Crippen LogP contribution in [0.2, 0.25) is 0 Å². The molecule has 6 nitrogen and oxygen atoms in total. The molecular weight excluding hydrogens is 320 g/mol. The number of hydrogen-bond acceptors (Lipinski definition) is 4. The second-order valence-corrected chi connectivity index (χ2v) is 7.52. The maximum absolute atomic E-state index is 12.9. The molecule has 6 heteroatoms. The van der Waals surface area contributed by atoms with Gasteiger partial charge in [-0.25, -0.2) is 4.79 Å². The highest BCUT2D eigenvalue weighted by atomic mass is 16.6. The van der Waals surface area contributed by atoms with Gasteiger partial charge in [0.15, 0.2) is 0 Å². The topological polar surface area (TPSA) is 75.7 Å². The summed E-state index contributed by atoms with van der Waals surface area (Å²) in [4.78, 5) is 37.9. The van der Waals surface area contributed by atoms with Crippen molar-refractivity contribution >= 4 is 18.3 Å². The molecular formula is C19H26N2O4. The molecule has 0 radical (unpaired) electrons. The van der Waals surface area contributed by atoms with Crippen LogP contribution in [0.4, 0.5) is 4.79 Å². The van der Waals surface area contributed by atoms with E-state index >= 15 is 0 Å². The van der Waals surface area contributed by atoms with Gasteiger partial charge in [-0.1, -0.05) is 38.5 Å². The number of nitrogens with zero attached hydrogens (tertiary/aromatic N) is 1. The van der Waals surface area contributed by atoms with Crippen LogP contribution in [0.1, 0.15) is 39.2 Å². The zero-order valence-electron chi connectivity index (χ0n) is 15.2. The Morgan fingerprint density at radius 2 is 1.92 bits per heavy atom. The van der Waals surface area contributed by atoms with Gasteiger partial charge in [-0.3, -0.25) is 4.79 Å². The molecule has 0 saturated carbocycles.